The van der Waals surface area contributed by atoms with Crippen molar-refractivity contribution in [2.24, 2.45) is 5.92 Å². The summed E-state index contributed by atoms with van der Waals surface area (Å²) in [5, 5.41) is 10.0. The Kier molecular flexibility index (Phi) is 5.27. The summed E-state index contributed by atoms with van der Waals surface area (Å²) in [5.41, 5.74) is 0.694. The summed E-state index contributed by atoms with van der Waals surface area (Å²) >= 11 is 9.65. The van der Waals surface area contributed by atoms with Crippen LogP contribution in [-0.2, 0) is 9.59 Å². The molecule has 0 spiro atoms. The van der Waals surface area contributed by atoms with Gasteiger partial charge in [0.2, 0.25) is 5.91 Å². The molecule has 0 aliphatic carbocycles. The Bertz CT molecular complexity index is 564. The lowest BCUT2D eigenvalue weighted by molar-refractivity contribution is -0.152. The molecule has 1 saturated heterocycles. The lowest BCUT2D eigenvalue weighted by Crippen LogP contribution is -2.45. The number of hydrogen-bond acceptors (Lipinski definition) is 2. The number of hydrogen-bond donors (Lipinski definition) is 1. The highest BCUT2D eigenvalue weighted by Gasteiger charge is 2.41. The molecule has 1 aliphatic rings. The van der Waals surface area contributed by atoms with Crippen molar-refractivity contribution in [1.29, 1.82) is 0 Å². The molecular formula is C15H17BrClNO3. The molecule has 4 nitrogen and oxygen atoms in total. The Balaban J connectivity index is 2.51. The Morgan fingerprint density at radius 2 is 2.24 bits per heavy atom. The minimum absolute atomic E-state index is 0.00427. The van der Waals surface area contributed by atoms with Gasteiger partial charge in [-0.15, -0.1) is 0 Å². The molecule has 1 amide bonds. The molecule has 1 aliphatic heterocycles. The summed E-state index contributed by atoms with van der Waals surface area (Å²) in [4.78, 5) is 25.5. The zero-order valence-electron chi connectivity index (χ0n) is 11.7. The number of carboxylic acid groups (broad SMARTS) is 1. The third kappa shape index (κ3) is 3.40. The van der Waals surface area contributed by atoms with E-state index < -0.39 is 17.9 Å². The SMILES string of the molecule is CCCN1C(=O)CCC(C(=O)O)C1c1cc(Br)ccc1Cl. The van der Waals surface area contributed by atoms with Gasteiger partial charge in [-0.25, -0.2) is 0 Å². The fourth-order valence-corrected chi connectivity index (χ4v) is 3.45. The van der Waals surface area contributed by atoms with Gasteiger partial charge in [0.1, 0.15) is 0 Å². The van der Waals surface area contributed by atoms with E-state index in [2.05, 4.69) is 15.9 Å². The highest BCUT2D eigenvalue weighted by atomic mass is 79.9. The van der Waals surface area contributed by atoms with Crippen LogP contribution in [0, 0.1) is 5.92 Å². The number of aliphatic carboxylic acids is 1. The van der Waals surface area contributed by atoms with E-state index in [0.717, 1.165) is 10.9 Å². The standard InChI is InChI=1S/C15H17BrClNO3/c1-2-7-18-13(19)6-4-10(15(20)21)14(18)11-8-9(16)3-5-12(11)17/h3,5,8,10,14H,2,4,6-7H2,1H3,(H,20,21). The van der Waals surface area contributed by atoms with Crippen LogP contribution >= 0.6 is 27.5 Å². The second-order valence-corrected chi connectivity index (χ2v) is 6.50. The minimum Gasteiger partial charge on any atom is -0.481 e. The predicted molar refractivity (Wildman–Crippen MR) is 84.3 cm³/mol. The summed E-state index contributed by atoms with van der Waals surface area (Å²) < 4.78 is 0.820. The van der Waals surface area contributed by atoms with Crippen LogP contribution in [0.5, 0.6) is 0 Å². The van der Waals surface area contributed by atoms with Crippen molar-refractivity contribution < 1.29 is 14.7 Å². The third-order valence-corrected chi connectivity index (χ3v) is 4.60. The Morgan fingerprint density at radius 1 is 1.52 bits per heavy atom. The minimum atomic E-state index is -0.885. The Hall–Kier alpha value is -1.07. The fourth-order valence-electron chi connectivity index (χ4n) is 2.84. The van der Waals surface area contributed by atoms with Crippen LogP contribution in [0.2, 0.25) is 5.02 Å². The second kappa shape index (κ2) is 6.79. The van der Waals surface area contributed by atoms with Crippen LogP contribution in [-0.4, -0.2) is 28.4 Å². The van der Waals surface area contributed by atoms with Crippen molar-refractivity contribution in [2.75, 3.05) is 6.54 Å². The average molecular weight is 375 g/mol. The summed E-state index contributed by atoms with van der Waals surface area (Å²) in [6.07, 6.45) is 1.40. The van der Waals surface area contributed by atoms with Gasteiger partial charge in [0, 0.05) is 22.5 Å². The molecule has 0 saturated carbocycles. The van der Waals surface area contributed by atoms with Crippen LogP contribution < -0.4 is 0 Å². The first kappa shape index (κ1) is 16.3. The summed E-state index contributed by atoms with van der Waals surface area (Å²) in [5.74, 6) is -1.51. The first-order valence-electron chi connectivity index (χ1n) is 6.93. The van der Waals surface area contributed by atoms with Gasteiger partial charge in [-0.3, -0.25) is 9.59 Å². The van der Waals surface area contributed by atoms with Crippen LogP contribution in [0.1, 0.15) is 37.8 Å². The molecule has 1 aromatic carbocycles. The van der Waals surface area contributed by atoms with E-state index in [9.17, 15) is 14.7 Å². The van der Waals surface area contributed by atoms with Gasteiger partial charge in [0.25, 0.3) is 0 Å². The monoisotopic (exact) mass is 373 g/mol. The molecule has 2 unspecified atom stereocenters. The van der Waals surface area contributed by atoms with E-state index in [1.165, 1.54) is 0 Å². The molecule has 114 valence electrons. The van der Waals surface area contributed by atoms with E-state index in [-0.39, 0.29) is 12.3 Å². The largest absolute Gasteiger partial charge is 0.481 e. The maximum absolute atomic E-state index is 12.2. The Morgan fingerprint density at radius 3 is 2.86 bits per heavy atom. The van der Waals surface area contributed by atoms with E-state index in [1.807, 2.05) is 13.0 Å². The second-order valence-electron chi connectivity index (χ2n) is 5.18. The van der Waals surface area contributed by atoms with Crippen LogP contribution in [0.15, 0.2) is 22.7 Å². The fraction of sp³-hybridized carbons (Fsp3) is 0.467. The average Bonchev–Trinajstić information content (AvgIpc) is 2.43. The van der Waals surface area contributed by atoms with Crippen molar-refractivity contribution in [1.82, 2.24) is 4.90 Å². The number of nitrogens with zero attached hydrogens (tertiary/aromatic N) is 1. The molecule has 1 aromatic rings. The van der Waals surface area contributed by atoms with Crippen molar-refractivity contribution in [3.05, 3.63) is 33.3 Å². The van der Waals surface area contributed by atoms with Crippen LogP contribution in [0.3, 0.4) is 0 Å². The third-order valence-electron chi connectivity index (χ3n) is 3.76. The summed E-state index contributed by atoms with van der Waals surface area (Å²) in [7, 11) is 0. The first-order valence-corrected chi connectivity index (χ1v) is 8.10. The molecule has 21 heavy (non-hydrogen) atoms. The van der Waals surface area contributed by atoms with Crippen molar-refractivity contribution in [2.45, 2.75) is 32.2 Å². The van der Waals surface area contributed by atoms with Gasteiger partial charge >= 0.3 is 5.97 Å². The lowest BCUT2D eigenvalue weighted by Gasteiger charge is -2.40. The topological polar surface area (TPSA) is 57.6 Å². The molecule has 0 aromatic heterocycles. The van der Waals surface area contributed by atoms with Crippen LogP contribution in [0.25, 0.3) is 0 Å². The first-order chi connectivity index (χ1) is 9.95. The van der Waals surface area contributed by atoms with Crippen molar-refractivity contribution in [3.8, 4) is 0 Å². The van der Waals surface area contributed by atoms with E-state index in [4.69, 9.17) is 11.6 Å². The molecule has 0 radical (unpaired) electrons. The maximum atomic E-state index is 12.2. The molecule has 2 rings (SSSR count). The van der Waals surface area contributed by atoms with E-state index >= 15 is 0 Å². The molecule has 1 heterocycles. The zero-order chi connectivity index (χ0) is 15.6. The lowest BCUT2D eigenvalue weighted by atomic mass is 9.84. The number of halogens is 2. The number of carboxylic acids is 1. The summed E-state index contributed by atoms with van der Waals surface area (Å²) in [6, 6.07) is 4.83. The van der Waals surface area contributed by atoms with Crippen LogP contribution in [0.4, 0.5) is 0 Å². The van der Waals surface area contributed by atoms with Gasteiger partial charge in [0.15, 0.2) is 0 Å². The van der Waals surface area contributed by atoms with Crippen molar-refractivity contribution >= 4 is 39.4 Å². The number of carbonyl (C=O) groups is 2. The normalized spacial score (nSPS) is 22.4. The number of likely N-dealkylation sites (tertiary alicyclic amines) is 1. The molecular weight excluding hydrogens is 358 g/mol. The zero-order valence-corrected chi connectivity index (χ0v) is 14.0. The number of amides is 1. The summed E-state index contributed by atoms with van der Waals surface area (Å²) in [6.45, 7) is 2.51. The number of carbonyl (C=O) groups excluding carboxylic acids is 1. The van der Waals surface area contributed by atoms with E-state index in [0.29, 0.717) is 23.6 Å². The van der Waals surface area contributed by atoms with Gasteiger partial charge in [-0.05, 0) is 36.6 Å². The predicted octanol–water partition coefficient (Wildman–Crippen LogP) is 3.88. The van der Waals surface area contributed by atoms with Gasteiger partial charge < -0.3 is 10.0 Å². The van der Waals surface area contributed by atoms with Gasteiger partial charge in [-0.2, -0.15) is 0 Å². The molecule has 6 heteroatoms. The van der Waals surface area contributed by atoms with Crippen molar-refractivity contribution in [3.63, 3.8) is 0 Å². The number of benzene rings is 1. The number of rotatable bonds is 4. The molecule has 1 N–H and O–H groups in total. The highest BCUT2D eigenvalue weighted by Crippen LogP contribution is 2.40. The maximum Gasteiger partial charge on any atom is 0.308 e. The molecule has 0 bridgehead atoms. The highest BCUT2D eigenvalue weighted by molar-refractivity contribution is 9.10. The molecule has 1 fully saturated rings. The van der Waals surface area contributed by atoms with Gasteiger partial charge in [-0.1, -0.05) is 34.5 Å². The quantitative estimate of drug-likeness (QED) is 0.870. The van der Waals surface area contributed by atoms with E-state index in [1.54, 1.807) is 17.0 Å². The Labute approximate surface area is 137 Å². The smallest absolute Gasteiger partial charge is 0.308 e. The molecule has 2 atom stereocenters. The number of piperidine rings is 1. The van der Waals surface area contributed by atoms with Gasteiger partial charge in [0.05, 0.1) is 12.0 Å².